The van der Waals surface area contributed by atoms with E-state index in [4.69, 9.17) is 10.5 Å². The third kappa shape index (κ3) is 5.48. The first-order valence-corrected chi connectivity index (χ1v) is 8.89. The van der Waals surface area contributed by atoms with E-state index in [1.54, 1.807) is 20.8 Å². The fourth-order valence-electron chi connectivity index (χ4n) is 2.95. The number of hydrogen-bond acceptors (Lipinski definition) is 4. The van der Waals surface area contributed by atoms with Gasteiger partial charge in [-0.05, 0) is 45.7 Å². The molecule has 1 aromatic carbocycles. The van der Waals surface area contributed by atoms with Gasteiger partial charge >= 0.3 is 18.4 Å². The van der Waals surface area contributed by atoms with Crippen LogP contribution in [0.4, 0.5) is 42.5 Å². The van der Waals surface area contributed by atoms with Crippen LogP contribution >= 0.6 is 0 Å². The molecule has 0 spiro atoms. The van der Waals surface area contributed by atoms with Gasteiger partial charge < -0.3 is 15.8 Å². The number of alkyl halides is 6. The second kappa shape index (κ2) is 7.88. The molecule has 168 valence electrons. The highest BCUT2D eigenvalue weighted by atomic mass is 19.4. The third-order valence-electron chi connectivity index (χ3n) is 4.25. The van der Waals surface area contributed by atoms with Crippen LogP contribution in [-0.2, 0) is 21.9 Å². The van der Waals surface area contributed by atoms with Crippen LogP contribution in [0.25, 0.3) is 0 Å². The van der Waals surface area contributed by atoms with Gasteiger partial charge in [-0.1, -0.05) is 0 Å². The van der Waals surface area contributed by atoms with E-state index in [9.17, 15) is 35.9 Å². The number of amides is 2. The number of carbonyl (C=O) groups excluding carboxylic acids is 2. The van der Waals surface area contributed by atoms with Crippen LogP contribution in [0.1, 0.15) is 44.7 Å². The van der Waals surface area contributed by atoms with E-state index in [0.29, 0.717) is 12.5 Å². The number of rotatable bonds is 2. The summed E-state index contributed by atoms with van der Waals surface area (Å²) in [7, 11) is 0. The molecule has 1 saturated heterocycles. The summed E-state index contributed by atoms with van der Waals surface area (Å²) < 4.78 is 83.7. The zero-order valence-electron chi connectivity index (χ0n) is 16.4. The van der Waals surface area contributed by atoms with Crippen molar-refractivity contribution in [1.82, 2.24) is 4.90 Å². The number of halogens is 6. The predicted molar refractivity (Wildman–Crippen MR) is 95.5 cm³/mol. The van der Waals surface area contributed by atoms with Crippen LogP contribution in [0.5, 0.6) is 0 Å². The second-order valence-electron chi connectivity index (χ2n) is 7.80. The lowest BCUT2D eigenvalue weighted by Gasteiger charge is -2.28. The number of nitrogens with zero attached hydrogens (tertiary/aromatic N) is 1. The Bertz CT molecular complexity index is 830. The van der Waals surface area contributed by atoms with E-state index >= 15 is 0 Å². The molecule has 2 rings (SSSR count). The van der Waals surface area contributed by atoms with Crippen molar-refractivity contribution in [2.75, 3.05) is 17.6 Å². The summed E-state index contributed by atoms with van der Waals surface area (Å²) in [5.41, 5.74) is -0.675. The molecule has 1 fully saturated rings. The number of benzene rings is 1. The smallest absolute Gasteiger partial charge is 0.418 e. The molecular formula is C18H21F6N3O3. The standard InChI is InChI=1S/C18H21F6N3O3/c1-16(2,3)30-15(29)27-6-4-5-12(27)14(28)26-11-8-9(17(19,20)21)7-10(13(11)25)18(22,23)24/h7-8,12H,4-6,25H2,1-3H3,(H,26,28)/t12-/m1/s1. The van der Waals surface area contributed by atoms with Crippen LogP contribution in [-0.4, -0.2) is 35.1 Å². The SMILES string of the molecule is CC(C)(C)OC(=O)N1CCC[C@@H]1C(=O)Nc1cc(C(F)(F)F)cc(C(F)(F)F)c1N. The molecule has 6 nitrogen and oxygen atoms in total. The lowest BCUT2D eigenvalue weighted by molar-refractivity contribution is -0.142. The van der Waals surface area contributed by atoms with Crippen LogP contribution in [0.15, 0.2) is 12.1 Å². The Morgan fingerprint density at radius 2 is 1.70 bits per heavy atom. The molecule has 12 heteroatoms. The molecule has 1 heterocycles. The first-order chi connectivity index (χ1) is 13.5. The average molecular weight is 441 g/mol. The quantitative estimate of drug-likeness (QED) is 0.517. The van der Waals surface area contributed by atoms with Crippen molar-refractivity contribution >= 4 is 23.4 Å². The van der Waals surface area contributed by atoms with Gasteiger partial charge in [0, 0.05) is 6.54 Å². The molecular weight excluding hydrogens is 420 g/mol. The van der Waals surface area contributed by atoms with E-state index < -0.39 is 58.5 Å². The molecule has 1 atom stereocenters. The molecule has 3 N–H and O–H groups in total. The second-order valence-corrected chi connectivity index (χ2v) is 7.80. The van der Waals surface area contributed by atoms with E-state index in [0.717, 1.165) is 4.90 Å². The summed E-state index contributed by atoms with van der Waals surface area (Å²) in [5.74, 6) is -0.961. The summed E-state index contributed by atoms with van der Waals surface area (Å²) in [4.78, 5) is 25.9. The number of likely N-dealkylation sites (tertiary alicyclic amines) is 1. The van der Waals surface area contributed by atoms with Gasteiger partial charge in [0.1, 0.15) is 11.6 Å². The molecule has 1 aliphatic rings. The Kier molecular flexibility index (Phi) is 6.20. The van der Waals surface area contributed by atoms with Gasteiger partial charge in [0.25, 0.3) is 0 Å². The molecule has 0 radical (unpaired) electrons. The summed E-state index contributed by atoms with van der Waals surface area (Å²) >= 11 is 0. The Morgan fingerprint density at radius 3 is 2.20 bits per heavy atom. The number of hydrogen-bond donors (Lipinski definition) is 2. The summed E-state index contributed by atoms with van der Waals surface area (Å²) in [5, 5.41) is 2.01. The van der Waals surface area contributed by atoms with Crippen LogP contribution in [0, 0.1) is 0 Å². The number of ether oxygens (including phenoxy) is 1. The molecule has 0 saturated carbocycles. The highest BCUT2D eigenvalue weighted by Gasteiger charge is 2.41. The fraction of sp³-hybridized carbons (Fsp3) is 0.556. The maximum atomic E-state index is 13.1. The van der Waals surface area contributed by atoms with Crippen LogP contribution in [0.3, 0.4) is 0 Å². The molecule has 0 bridgehead atoms. The number of nitrogens with one attached hydrogen (secondary N) is 1. The highest BCUT2D eigenvalue weighted by molar-refractivity contribution is 5.99. The van der Waals surface area contributed by atoms with Gasteiger partial charge in [0.2, 0.25) is 5.91 Å². The monoisotopic (exact) mass is 441 g/mol. The molecule has 0 aliphatic carbocycles. The van der Waals surface area contributed by atoms with Gasteiger partial charge in [-0.3, -0.25) is 9.69 Å². The largest absolute Gasteiger partial charge is 0.444 e. The third-order valence-corrected chi connectivity index (χ3v) is 4.25. The normalized spacial score (nSPS) is 17.8. The van der Waals surface area contributed by atoms with Gasteiger partial charge in [-0.15, -0.1) is 0 Å². The summed E-state index contributed by atoms with van der Waals surface area (Å²) in [6.45, 7) is 4.98. The summed E-state index contributed by atoms with van der Waals surface area (Å²) in [6, 6.07) is -0.911. The Labute approximate surface area is 168 Å². The molecule has 0 aromatic heterocycles. The zero-order chi connectivity index (χ0) is 23.1. The van der Waals surface area contributed by atoms with Gasteiger partial charge in [-0.25, -0.2) is 4.79 Å². The van der Waals surface area contributed by atoms with Gasteiger partial charge in [-0.2, -0.15) is 26.3 Å². The maximum absolute atomic E-state index is 13.1. The van der Waals surface area contributed by atoms with Gasteiger partial charge in [0.05, 0.1) is 22.5 Å². The maximum Gasteiger partial charge on any atom is 0.418 e. The van der Waals surface area contributed by atoms with Crippen molar-refractivity contribution in [2.24, 2.45) is 0 Å². The number of anilines is 2. The molecule has 30 heavy (non-hydrogen) atoms. The highest BCUT2D eigenvalue weighted by Crippen LogP contribution is 2.42. The molecule has 2 amide bonds. The molecule has 1 aromatic rings. The van der Waals surface area contributed by atoms with E-state index in [1.807, 2.05) is 5.32 Å². The molecule has 0 unspecified atom stereocenters. The van der Waals surface area contributed by atoms with Crippen molar-refractivity contribution in [2.45, 2.75) is 57.6 Å². The number of nitrogen functional groups attached to an aromatic ring is 1. The minimum atomic E-state index is -5.17. The topological polar surface area (TPSA) is 84.7 Å². The number of carbonyl (C=O) groups is 2. The van der Waals surface area contributed by atoms with E-state index in [2.05, 4.69) is 0 Å². The van der Waals surface area contributed by atoms with Gasteiger partial charge in [0.15, 0.2) is 0 Å². The van der Waals surface area contributed by atoms with Crippen molar-refractivity contribution in [3.05, 3.63) is 23.3 Å². The predicted octanol–water partition coefficient (Wildman–Crippen LogP) is 4.64. The van der Waals surface area contributed by atoms with Crippen molar-refractivity contribution < 1.29 is 40.7 Å². The van der Waals surface area contributed by atoms with Crippen molar-refractivity contribution in [3.63, 3.8) is 0 Å². The zero-order valence-corrected chi connectivity index (χ0v) is 16.4. The fourth-order valence-corrected chi connectivity index (χ4v) is 2.95. The Hall–Kier alpha value is -2.66. The van der Waals surface area contributed by atoms with E-state index in [-0.39, 0.29) is 19.0 Å². The first-order valence-electron chi connectivity index (χ1n) is 8.89. The Balaban J connectivity index is 2.34. The van der Waals surface area contributed by atoms with Crippen LogP contribution < -0.4 is 11.1 Å². The van der Waals surface area contributed by atoms with Crippen molar-refractivity contribution in [1.29, 1.82) is 0 Å². The lowest BCUT2D eigenvalue weighted by Crippen LogP contribution is -2.45. The van der Waals surface area contributed by atoms with Crippen LogP contribution in [0.2, 0.25) is 0 Å². The van der Waals surface area contributed by atoms with E-state index in [1.165, 1.54) is 0 Å². The van der Waals surface area contributed by atoms with Crippen molar-refractivity contribution in [3.8, 4) is 0 Å². The minimum absolute atomic E-state index is 0.118. The minimum Gasteiger partial charge on any atom is -0.444 e. The number of nitrogens with two attached hydrogens (primary N) is 1. The lowest BCUT2D eigenvalue weighted by atomic mass is 10.0. The average Bonchev–Trinajstić information content (AvgIpc) is 3.02. The Morgan fingerprint density at radius 1 is 1.10 bits per heavy atom. The first kappa shape index (κ1) is 23.6. The molecule has 1 aliphatic heterocycles. The summed E-state index contributed by atoms with van der Waals surface area (Å²) in [6.07, 6.45) is -10.5.